The maximum absolute atomic E-state index is 11.2. The molecular weight excluding hydrogens is 356 g/mol. The molecule has 0 unspecified atom stereocenters. The number of piperidine rings is 1. The van der Waals surface area contributed by atoms with Crippen molar-refractivity contribution in [2.45, 2.75) is 19.3 Å². The minimum atomic E-state index is -1.10. The fourth-order valence-corrected chi connectivity index (χ4v) is 3.59. The van der Waals surface area contributed by atoms with Crippen molar-refractivity contribution in [3.05, 3.63) is 48.5 Å². The zero-order chi connectivity index (χ0) is 19.9. The van der Waals surface area contributed by atoms with Crippen molar-refractivity contribution in [3.63, 3.8) is 0 Å². The largest absolute Gasteiger partial charge is 0.465 e. The van der Waals surface area contributed by atoms with Gasteiger partial charge in [0, 0.05) is 25.2 Å². The van der Waals surface area contributed by atoms with Crippen LogP contribution >= 0.6 is 0 Å². The van der Waals surface area contributed by atoms with E-state index < -0.39 is 12.0 Å². The van der Waals surface area contributed by atoms with Crippen LogP contribution in [0.2, 0.25) is 0 Å². The quantitative estimate of drug-likeness (QED) is 0.767. The Kier molecular flexibility index (Phi) is 6.47. The molecule has 1 aromatic carbocycles. The topological polar surface area (TPSA) is 99.8 Å². The zero-order valence-electron chi connectivity index (χ0n) is 15.8. The first-order valence-corrected chi connectivity index (χ1v) is 9.56. The minimum absolute atomic E-state index is 0.246. The fraction of sp³-hybridized carbons (Fsp3) is 0.381. The molecule has 0 aliphatic carbocycles. The number of benzene rings is 1. The highest BCUT2D eigenvalue weighted by Crippen LogP contribution is 2.26. The number of carbonyl (C=O) groups excluding carboxylic acids is 1. The van der Waals surface area contributed by atoms with Gasteiger partial charge >= 0.3 is 6.09 Å². The number of aromatic nitrogens is 1. The zero-order valence-corrected chi connectivity index (χ0v) is 15.8. The predicted octanol–water partition coefficient (Wildman–Crippen LogP) is 2.82. The van der Waals surface area contributed by atoms with Gasteiger partial charge in [-0.3, -0.25) is 9.69 Å². The molecule has 3 rings (SSSR count). The third kappa shape index (κ3) is 5.22. The third-order valence-corrected chi connectivity index (χ3v) is 5.17. The molecule has 0 radical (unpaired) electrons. The number of hydrogen-bond acceptors (Lipinski definition) is 4. The lowest BCUT2D eigenvalue weighted by atomic mass is 9.93. The monoisotopic (exact) mass is 382 g/mol. The summed E-state index contributed by atoms with van der Waals surface area (Å²) < 4.78 is 0. The lowest BCUT2D eigenvalue weighted by molar-refractivity contribution is -0.118. The number of primary amides is 1. The predicted molar refractivity (Wildman–Crippen MR) is 108 cm³/mol. The van der Waals surface area contributed by atoms with E-state index in [-0.39, 0.29) is 6.54 Å². The number of pyridine rings is 1. The molecule has 2 aromatic rings. The van der Waals surface area contributed by atoms with Gasteiger partial charge in [0.1, 0.15) is 12.4 Å². The Labute approximate surface area is 164 Å². The number of hydrogen-bond donors (Lipinski definition) is 2. The number of amides is 2. The van der Waals surface area contributed by atoms with Crippen LogP contribution in [0.5, 0.6) is 0 Å². The highest BCUT2D eigenvalue weighted by molar-refractivity contribution is 5.80. The van der Waals surface area contributed by atoms with Gasteiger partial charge in [-0.25, -0.2) is 9.78 Å². The fourth-order valence-electron chi connectivity index (χ4n) is 3.59. The molecule has 3 N–H and O–H groups in total. The summed E-state index contributed by atoms with van der Waals surface area (Å²) in [6, 6.07) is 16.2. The average Bonchev–Trinajstić information content (AvgIpc) is 2.72. The lowest BCUT2D eigenvalue weighted by Gasteiger charge is -2.33. The molecule has 1 saturated heterocycles. The highest BCUT2D eigenvalue weighted by atomic mass is 16.4. The summed E-state index contributed by atoms with van der Waals surface area (Å²) in [4.78, 5) is 30.4. The molecule has 28 heavy (non-hydrogen) atoms. The summed E-state index contributed by atoms with van der Waals surface area (Å²) in [6.07, 6.45) is 1.59. The van der Waals surface area contributed by atoms with E-state index in [1.54, 1.807) is 0 Å². The van der Waals surface area contributed by atoms with Gasteiger partial charge in [0.15, 0.2) is 0 Å². The molecule has 1 fully saturated rings. The summed E-state index contributed by atoms with van der Waals surface area (Å²) in [5, 5.41) is 9.16. The van der Waals surface area contributed by atoms with E-state index in [1.165, 1.54) is 0 Å². The van der Waals surface area contributed by atoms with Gasteiger partial charge in [0.25, 0.3) is 0 Å². The van der Waals surface area contributed by atoms with Crippen molar-refractivity contribution in [2.75, 3.05) is 31.1 Å². The van der Waals surface area contributed by atoms with Crippen molar-refractivity contribution >= 4 is 17.8 Å². The van der Waals surface area contributed by atoms with Crippen molar-refractivity contribution < 1.29 is 14.7 Å². The SMILES string of the molecule is NC(=O)CN(CCC1CCN(c2cccc(-c3ccccc3)n2)CC1)C(=O)O. The normalized spacial score (nSPS) is 14.6. The average molecular weight is 382 g/mol. The van der Waals surface area contributed by atoms with Crippen molar-refractivity contribution in [1.29, 1.82) is 0 Å². The summed E-state index contributed by atoms with van der Waals surface area (Å²) >= 11 is 0. The molecule has 2 amide bonds. The van der Waals surface area contributed by atoms with Crippen molar-refractivity contribution in [1.82, 2.24) is 9.88 Å². The number of rotatable bonds is 7. The molecule has 0 bridgehead atoms. The Morgan fingerprint density at radius 1 is 1.11 bits per heavy atom. The maximum atomic E-state index is 11.2. The van der Waals surface area contributed by atoms with Crippen LogP contribution in [0.3, 0.4) is 0 Å². The number of carbonyl (C=O) groups is 2. The molecule has 7 nitrogen and oxygen atoms in total. The molecule has 1 aliphatic heterocycles. The Morgan fingerprint density at radius 3 is 2.46 bits per heavy atom. The summed E-state index contributed by atoms with van der Waals surface area (Å²) in [5.74, 6) is 0.783. The second kappa shape index (κ2) is 9.21. The Balaban J connectivity index is 1.54. The number of anilines is 1. The van der Waals surface area contributed by atoms with Gasteiger partial charge in [-0.1, -0.05) is 36.4 Å². The molecule has 0 spiro atoms. The van der Waals surface area contributed by atoms with Crippen LogP contribution in [-0.4, -0.2) is 53.2 Å². The van der Waals surface area contributed by atoms with Crippen LogP contribution in [-0.2, 0) is 4.79 Å². The molecule has 2 heterocycles. The second-order valence-electron chi connectivity index (χ2n) is 7.14. The minimum Gasteiger partial charge on any atom is -0.465 e. The van der Waals surface area contributed by atoms with E-state index in [0.29, 0.717) is 12.5 Å². The molecule has 148 valence electrons. The molecular formula is C21H26N4O3. The van der Waals surface area contributed by atoms with Gasteiger partial charge in [-0.15, -0.1) is 0 Å². The van der Waals surface area contributed by atoms with Crippen LogP contribution in [0.25, 0.3) is 11.3 Å². The van der Waals surface area contributed by atoms with Crippen LogP contribution in [0, 0.1) is 5.92 Å². The van der Waals surface area contributed by atoms with Crippen LogP contribution in [0.1, 0.15) is 19.3 Å². The molecule has 0 saturated carbocycles. The summed E-state index contributed by atoms with van der Waals surface area (Å²) in [6.45, 7) is 1.87. The smallest absolute Gasteiger partial charge is 0.407 e. The third-order valence-electron chi connectivity index (χ3n) is 5.17. The van der Waals surface area contributed by atoms with E-state index in [1.807, 2.05) is 36.4 Å². The van der Waals surface area contributed by atoms with Crippen molar-refractivity contribution in [3.8, 4) is 11.3 Å². The Bertz CT molecular complexity index is 804. The van der Waals surface area contributed by atoms with Crippen molar-refractivity contribution in [2.24, 2.45) is 11.7 Å². The lowest BCUT2D eigenvalue weighted by Crippen LogP contribution is -2.40. The van der Waals surface area contributed by atoms with Gasteiger partial charge < -0.3 is 15.7 Å². The van der Waals surface area contributed by atoms with E-state index >= 15 is 0 Å². The number of nitrogens with two attached hydrogens (primary N) is 1. The van der Waals surface area contributed by atoms with E-state index in [4.69, 9.17) is 15.8 Å². The van der Waals surface area contributed by atoms with E-state index in [2.05, 4.69) is 17.0 Å². The summed E-state index contributed by atoms with van der Waals surface area (Å²) in [5.41, 5.74) is 7.18. The first-order chi connectivity index (χ1) is 13.5. The summed E-state index contributed by atoms with van der Waals surface area (Å²) in [7, 11) is 0. The molecule has 7 heteroatoms. The van der Waals surface area contributed by atoms with Crippen LogP contribution in [0.4, 0.5) is 10.6 Å². The first-order valence-electron chi connectivity index (χ1n) is 9.56. The molecule has 0 atom stereocenters. The van der Waals surface area contributed by atoms with Crippen LogP contribution < -0.4 is 10.6 Å². The second-order valence-corrected chi connectivity index (χ2v) is 7.14. The molecule has 1 aliphatic rings. The van der Waals surface area contributed by atoms with Gasteiger partial charge in [0.05, 0.1) is 5.69 Å². The highest BCUT2D eigenvalue weighted by Gasteiger charge is 2.22. The van der Waals surface area contributed by atoms with E-state index in [9.17, 15) is 9.59 Å². The Hall–Kier alpha value is -3.09. The van der Waals surface area contributed by atoms with Gasteiger partial charge in [-0.2, -0.15) is 0 Å². The standard InChI is InChI=1S/C21H26N4O3/c22-19(26)15-25(21(27)28)14-11-16-9-12-24(13-10-16)20-8-4-7-18(23-20)17-5-2-1-3-6-17/h1-8,16H,9-15H2,(H2,22,26)(H,27,28). The van der Waals surface area contributed by atoms with E-state index in [0.717, 1.165) is 54.3 Å². The van der Waals surface area contributed by atoms with Gasteiger partial charge in [-0.05, 0) is 37.3 Å². The molecule has 1 aromatic heterocycles. The Morgan fingerprint density at radius 2 is 1.82 bits per heavy atom. The number of nitrogens with zero attached hydrogens (tertiary/aromatic N) is 3. The number of carboxylic acid groups (broad SMARTS) is 1. The first kappa shape index (κ1) is 19.7. The van der Waals surface area contributed by atoms with Gasteiger partial charge in [0.2, 0.25) is 5.91 Å². The maximum Gasteiger partial charge on any atom is 0.407 e. The van der Waals surface area contributed by atoms with Crippen LogP contribution in [0.15, 0.2) is 48.5 Å².